The number of aryl methyl sites for hydroxylation is 1. The third kappa shape index (κ3) is 3.49. The molecular formula is C16H21N5. The number of benzene rings is 1. The molecule has 0 atom stereocenters. The summed E-state index contributed by atoms with van der Waals surface area (Å²) in [7, 11) is 2.16. The van der Waals surface area contributed by atoms with Crippen LogP contribution in [0.3, 0.4) is 0 Å². The molecule has 2 aromatic rings. The standard InChI is InChI=1S/C16H21N5/c1-13-17-15(19-14-6-4-3-5-7-14)12-16(18-13)21-10-8-20(2)9-11-21/h3-7,12H,8-11H2,1-2H3,(H,17,18,19). The first-order valence-electron chi connectivity index (χ1n) is 7.32. The van der Waals surface area contributed by atoms with Crippen molar-refractivity contribution in [3.05, 3.63) is 42.2 Å². The molecule has 3 rings (SSSR count). The molecule has 5 heteroatoms. The van der Waals surface area contributed by atoms with Gasteiger partial charge in [0.2, 0.25) is 0 Å². The fraction of sp³-hybridized carbons (Fsp3) is 0.375. The predicted molar refractivity (Wildman–Crippen MR) is 86.2 cm³/mol. The third-order valence-electron chi connectivity index (χ3n) is 3.70. The maximum Gasteiger partial charge on any atom is 0.136 e. The van der Waals surface area contributed by atoms with Gasteiger partial charge < -0.3 is 15.1 Å². The van der Waals surface area contributed by atoms with Crippen molar-refractivity contribution in [2.24, 2.45) is 0 Å². The molecule has 0 unspecified atom stereocenters. The van der Waals surface area contributed by atoms with Gasteiger partial charge in [-0.25, -0.2) is 9.97 Å². The molecule has 0 saturated carbocycles. The second-order valence-electron chi connectivity index (χ2n) is 5.44. The first kappa shape index (κ1) is 13.8. The van der Waals surface area contributed by atoms with E-state index in [1.807, 2.05) is 43.3 Å². The molecule has 0 radical (unpaired) electrons. The number of rotatable bonds is 3. The van der Waals surface area contributed by atoms with E-state index in [2.05, 4.69) is 32.1 Å². The van der Waals surface area contributed by atoms with Crippen molar-refractivity contribution in [2.45, 2.75) is 6.92 Å². The number of piperazine rings is 1. The Hall–Kier alpha value is -2.14. The quantitative estimate of drug-likeness (QED) is 0.936. The number of hydrogen-bond acceptors (Lipinski definition) is 5. The Balaban J connectivity index is 1.79. The summed E-state index contributed by atoms with van der Waals surface area (Å²) in [4.78, 5) is 13.7. The van der Waals surface area contributed by atoms with Crippen molar-refractivity contribution in [3.63, 3.8) is 0 Å². The second kappa shape index (κ2) is 6.10. The summed E-state index contributed by atoms with van der Waals surface area (Å²) in [5, 5.41) is 3.34. The molecular weight excluding hydrogens is 262 g/mol. The number of hydrogen-bond donors (Lipinski definition) is 1. The lowest BCUT2D eigenvalue weighted by Crippen LogP contribution is -2.44. The summed E-state index contributed by atoms with van der Waals surface area (Å²) in [5.74, 6) is 2.65. The average Bonchev–Trinajstić information content (AvgIpc) is 2.48. The van der Waals surface area contributed by atoms with E-state index >= 15 is 0 Å². The Kier molecular flexibility index (Phi) is 4.01. The Morgan fingerprint density at radius 2 is 1.71 bits per heavy atom. The van der Waals surface area contributed by atoms with E-state index in [0.717, 1.165) is 49.3 Å². The van der Waals surface area contributed by atoms with Gasteiger partial charge in [0.25, 0.3) is 0 Å². The minimum Gasteiger partial charge on any atom is -0.354 e. The molecule has 2 heterocycles. The molecule has 1 saturated heterocycles. The minimum absolute atomic E-state index is 0.796. The van der Waals surface area contributed by atoms with Crippen LogP contribution in [0.25, 0.3) is 0 Å². The lowest BCUT2D eigenvalue weighted by molar-refractivity contribution is 0.312. The van der Waals surface area contributed by atoms with Crippen molar-refractivity contribution in [2.75, 3.05) is 43.4 Å². The number of nitrogens with zero attached hydrogens (tertiary/aromatic N) is 4. The summed E-state index contributed by atoms with van der Waals surface area (Å²) in [5.41, 5.74) is 1.04. The molecule has 1 aromatic heterocycles. The highest BCUT2D eigenvalue weighted by atomic mass is 15.3. The largest absolute Gasteiger partial charge is 0.354 e. The van der Waals surface area contributed by atoms with Crippen LogP contribution in [0.4, 0.5) is 17.3 Å². The summed E-state index contributed by atoms with van der Waals surface area (Å²) < 4.78 is 0. The van der Waals surface area contributed by atoms with Gasteiger partial charge in [-0.2, -0.15) is 0 Å². The fourth-order valence-electron chi connectivity index (χ4n) is 2.48. The maximum atomic E-state index is 4.58. The molecule has 110 valence electrons. The molecule has 1 aliphatic heterocycles. The van der Waals surface area contributed by atoms with E-state index in [1.165, 1.54) is 0 Å². The van der Waals surface area contributed by atoms with E-state index in [-0.39, 0.29) is 0 Å². The lowest BCUT2D eigenvalue weighted by Gasteiger charge is -2.33. The molecule has 0 spiro atoms. The summed E-state index contributed by atoms with van der Waals surface area (Å²) >= 11 is 0. The van der Waals surface area contributed by atoms with Gasteiger partial charge >= 0.3 is 0 Å². The van der Waals surface area contributed by atoms with E-state index < -0.39 is 0 Å². The second-order valence-corrected chi connectivity index (χ2v) is 5.44. The fourth-order valence-corrected chi connectivity index (χ4v) is 2.48. The third-order valence-corrected chi connectivity index (χ3v) is 3.70. The Morgan fingerprint density at radius 1 is 1.00 bits per heavy atom. The van der Waals surface area contributed by atoms with Crippen molar-refractivity contribution in [1.29, 1.82) is 0 Å². The SMILES string of the molecule is Cc1nc(Nc2ccccc2)cc(N2CCN(C)CC2)n1. The number of likely N-dealkylation sites (N-methyl/N-ethyl adjacent to an activating group) is 1. The van der Waals surface area contributed by atoms with Crippen LogP contribution in [-0.2, 0) is 0 Å². The molecule has 1 N–H and O–H groups in total. The zero-order chi connectivity index (χ0) is 14.7. The van der Waals surface area contributed by atoms with Crippen molar-refractivity contribution >= 4 is 17.3 Å². The number of nitrogens with one attached hydrogen (secondary N) is 1. The van der Waals surface area contributed by atoms with Crippen LogP contribution in [0.1, 0.15) is 5.82 Å². The van der Waals surface area contributed by atoms with Crippen molar-refractivity contribution in [3.8, 4) is 0 Å². The highest BCUT2D eigenvalue weighted by molar-refractivity contribution is 5.59. The minimum atomic E-state index is 0.796. The molecule has 5 nitrogen and oxygen atoms in total. The number of anilines is 3. The highest BCUT2D eigenvalue weighted by Gasteiger charge is 2.16. The molecule has 1 aliphatic rings. The highest BCUT2D eigenvalue weighted by Crippen LogP contribution is 2.20. The van der Waals surface area contributed by atoms with Crippen LogP contribution in [0.2, 0.25) is 0 Å². The zero-order valence-electron chi connectivity index (χ0n) is 12.6. The Morgan fingerprint density at radius 3 is 2.43 bits per heavy atom. The van der Waals surface area contributed by atoms with Gasteiger partial charge in [-0.05, 0) is 26.1 Å². The van der Waals surface area contributed by atoms with Crippen LogP contribution in [-0.4, -0.2) is 48.1 Å². The molecule has 21 heavy (non-hydrogen) atoms. The average molecular weight is 283 g/mol. The normalized spacial score (nSPS) is 16.0. The van der Waals surface area contributed by atoms with Gasteiger partial charge in [0, 0.05) is 37.9 Å². The summed E-state index contributed by atoms with van der Waals surface area (Å²) in [6.45, 7) is 6.11. The van der Waals surface area contributed by atoms with Crippen LogP contribution in [0.15, 0.2) is 36.4 Å². The van der Waals surface area contributed by atoms with Crippen LogP contribution >= 0.6 is 0 Å². The maximum absolute atomic E-state index is 4.58. The van der Waals surface area contributed by atoms with Crippen molar-refractivity contribution < 1.29 is 0 Å². The molecule has 0 aliphatic carbocycles. The number of para-hydroxylation sites is 1. The van der Waals surface area contributed by atoms with Gasteiger partial charge in [-0.1, -0.05) is 18.2 Å². The monoisotopic (exact) mass is 283 g/mol. The van der Waals surface area contributed by atoms with Gasteiger partial charge in [-0.15, -0.1) is 0 Å². The van der Waals surface area contributed by atoms with Crippen molar-refractivity contribution in [1.82, 2.24) is 14.9 Å². The van der Waals surface area contributed by atoms with Gasteiger partial charge in [0.05, 0.1) is 0 Å². The lowest BCUT2D eigenvalue weighted by atomic mass is 10.3. The van der Waals surface area contributed by atoms with Gasteiger partial charge in [-0.3, -0.25) is 0 Å². The molecule has 0 amide bonds. The number of aromatic nitrogens is 2. The molecule has 1 aromatic carbocycles. The topological polar surface area (TPSA) is 44.3 Å². The first-order valence-corrected chi connectivity index (χ1v) is 7.32. The molecule has 1 fully saturated rings. The zero-order valence-corrected chi connectivity index (χ0v) is 12.6. The Labute approximate surface area is 125 Å². The predicted octanol–water partition coefficient (Wildman–Crippen LogP) is 2.28. The van der Waals surface area contributed by atoms with E-state index in [0.29, 0.717) is 0 Å². The van der Waals surface area contributed by atoms with Gasteiger partial charge in [0.1, 0.15) is 17.5 Å². The van der Waals surface area contributed by atoms with Crippen LogP contribution in [0, 0.1) is 6.92 Å². The molecule has 0 bridgehead atoms. The van der Waals surface area contributed by atoms with E-state index in [9.17, 15) is 0 Å². The van der Waals surface area contributed by atoms with E-state index in [4.69, 9.17) is 0 Å². The van der Waals surface area contributed by atoms with Crippen LogP contribution < -0.4 is 10.2 Å². The van der Waals surface area contributed by atoms with Crippen LogP contribution in [0.5, 0.6) is 0 Å². The Bertz CT molecular complexity index is 591. The summed E-state index contributed by atoms with van der Waals surface area (Å²) in [6, 6.07) is 12.1. The van der Waals surface area contributed by atoms with E-state index in [1.54, 1.807) is 0 Å². The summed E-state index contributed by atoms with van der Waals surface area (Å²) in [6.07, 6.45) is 0. The van der Waals surface area contributed by atoms with Gasteiger partial charge in [0.15, 0.2) is 0 Å². The first-order chi connectivity index (χ1) is 10.2. The smallest absolute Gasteiger partial charge is 0.136 e.